The number of hydrogen-bond donors (Lipinski definition) is 3. The molecule has 0 aliphatic carbocycles. The first-order chi connectivity index (χ1) is 21.0. The number of H-pyrrole nitrogens is 1. The van der Waals surface area contributed by atoms with Crippen molar-refractivity contribution in [1.29, 1.82) is 0 Å². The number of aromatic nitrogens is 5. The molecule has 16 heteroatoms. The summed E-state index contributed by atoms with van der Waals surface area (Å²) in [6.07, 6.45) is -0.958. The monoisotopic (exact) mass is 628 g/mol. The molecule has 230 valence electrons. The van der Waals surface area contributed by atoms with Crippen molar-refractivity contribution < 1.29 is 32.7 Å². The number of benzene rings is 2. The number of ether oxygens (including phenoxy) is 1. The number of carbonyl (C=O) groups excluding carboxylic acids is 4. The summed E-state index contributed by atoms with van der Waals surface area (Å²) in [7, 11) is 0. The number of halogens is 3. The number of ketones is 1. The third kappa shape index (κ3) is 6.51. The SMILES string of the molecule is CC(=O)c1cn(CC(=O)N2C[C@H](F)C[C@H]2C(=O)NCc2cccc(Cl)c2F)c2ccc(OC(=O)NC(C)c3nn[nH]n3)cc12. The maximum absolute atomic E-state index is 14.5. The van der Waals surface area contributed by atoms with Gasteiger partial charge in [-0.05, 0) is 38.1 Å². The number of rotatable bonds is 9. The maximum Gasteiger partial charge on any atom is 0.413 e. The van der Waals surface area contributed by atoms with Crippen molar-refractivity contribution in [3.05, 3.63) is 70.4 Å². The van der Waals surface area contributed by atoms with Gasteiger partial charge < -0.3 is 24.8 Å². The van der Waals surface area contributed by atoms with Gasteiger partial charge in [-0.3, -0.25) is 14.4 Å². The molecule has 1 fully saturated rings. The molecule has 0 radical (unpaired) electrons. The molecule has 4 aromatic rings. The van der Waals surface area contributed by atoms with Gasteiger partial charge in [-0.1, -0.05) is 28.9 Å². The normalized spacial score (nSPS) is 17.0. The van der Waals surface area contributed by atoms with Crippen LogP contribution in [-0.4, -0.2) is 72.5 Å². The second kappa shape index (κ2) is 12.8. The Hall–Kier alpha value is -4.92. The number of fused-ring (bicyclic) bond motifs is 1. The first kappa shape index (κ1) is 30.5. The van der Waals surface area contributed by atoms with Crippen LogP contribution in [0, 0.1) is 5.82 Å². The van der Waals surface area contributed by atoms with Crippen LogP contribution in [0.3, 0.4) is 0 Å². The Balaban J connectivity index is 1.29. The van der Waals surface area contributed by atoms with Crippen LogP contribution >= 0.6 is 11.6 Å². The van der Waals surface area contributed by atoms with E-state index in [1.54, 1.807) is 13.0 Å². The van der Waals surface area contributed by atoms with Gasteiger partial charge >= 0.3 is 6.09 Å². The largest absolute Gasteiger partial charge is 0.413 e. The fourth-order valence-electron chi connectivity index (χ4n) is 5.01. The number of Topliss-reactive ketones (excluding diaryl/α,β-unsaturated/α-hetero) is 1. The lowest BCUT2D eigenvalue weighted by Crippen LogP contribution is -2.46. The molecule has 3 amide bonds. The lowest BCUT2D eigenvalue weighted by Gasteiger charge is -2.24. The molecule has 0 bridgehead atoms. The average Bonchev–Trinajstić information content (AvgIpc) is 3.73. The topological polar surface area (TPSA) is 164 Å². The predicted octanol–water partition coefficient (Wildman–Crippen LogP) is 3.25. The number of amides is 3. The zero-order valence-corrected chi connectivity index (χ0v) is 24.3. The van der Waals surface area contributed by atoms with Gasteiger partial charge in [0.1, 0.15) is 30.3 Å². The molecular weight excluding hydrogens is 602 g/mol. The highest BCUT2D eigenvalue weighted by atomic mass is 35.5. The predicted molar refractivity (Wildman–Crippen MR) is 152 cm³/mol. The molecule has 13 nitrogen and oxygen atoms in total. The highest BCUT2D eigenvalue weighted by Gasteiger charge is 2.39. The van der Waals surface area contributed by atoms with Crippen LogP contribution in [0.4, 0.5) is 13.6 Å². The number of likely N-dealkylation sites (tertiary alicyclic amines) is 1. The van der Waals surface area contributed by atoms with Gasteiger partial charge in [0, 0.05) is 41.2 Å². The zero-order valence-electron chi connectivity index (χ0n) is 23.5. The Morgan fingerprint density at radius 2 is 2.02 bits per heavy atom. The van der Waals surface area contributed by atoms with Crippen molar-refractivity contribution in [2.75, 3.05) is 6.54 Å². The Kier molecular flexibility index (Phi) is 8.85. The van der Waals surface area contributed by atoms with Crippen LogP contribution in [0.25, 0.3) is 10.9 Å². The van der Waals surface area contributed by atoms with E-state index in [2.05, 4.69) is 31.3 Å². The third-order valence-corrected chi connectivity index (χ3v) is 7.48. The van der Waals surface area contributed by atoms with Gasteiger partial charge in [0.15, 0.2) is 11.6 Å². The standard InChI is InChI=1S/C28H27ClF2N8O5/c1-14(26-34-36-37-35-26)33-28(43)44-18-6-7-22-19(9-18)20(15(2)40)12-38(22)13-24(41)39-11-17(30)8-23(39)27(42)32-10-16-4-3-5-21(29)25(16)31/h3-7,9,12,14,17,23H,8,10-11,13H2,1-2H3,(H,32,42)(H,33,43)(H,34,35,36,37)/t14?,17-,23+/m1/s1. The summed E-state index contributed by atoms with van der Waals surface area (Å²) in [5.41, 5.74) is 0.891. The lowest BCUT2D eigenvalue weighted by atomic mass is 10.1. The number of alkyl halides is 1. The number of tetrazole rings is 1. The van der Waals surface area contributed by atoms with Crippen molar-refractivity contribution in [2.24, 2.45) is 0 Å². The van der Waals surface area contributed by atoms with E-state index in [9.17, 15) is 28.0 Å². The van der Waals surface area contributed by atoms with E-state index in [0.717, 1.165) is 4.90 Å². The van der Waals surface area contributed by atoms with E-state index < -0.39 is 42.0 Å². The minimum atomic E-state index is -1.43. The molecule has 44 heavy (non-hydrogen) atoms. The highest BCUT2D eigenvalue weighted by Crippen LogP contribution is 2.28. The second-order valence-electron chi connectivity index (χ2n) is 10.3. The smallest absolute Gasteiger partial charge is 0.410 e. The van der Waals surface area contributed by atoms with Crippen LogP contribution in [0.1, 0.15) is 48.1 Å². The van der Waals surface area contributed by atoms with Crippen LogP contribution in [0.5, 0.6) is 5.75 Å². The zero-order chi connectivity index (χ0) is 31.5. The van der Waals surface area contributed by atoms with E-state index >= 15 is 0 Å². The molecule has 1 unspecified atom stereocenters. The molecule has 0 saturated carbocycles. The molecule has 2 aromatic heterocycles. The molecule has 1 aliphatic heterocycles. The number of nitrogens with zero attached hydrogens (tertiary/aromatic N) is 5. The Morgan fingerprint density at radius 1 is 1.23 bits per heavy atom. The van der Waals surface area contributed by atoms with Crippen LogP contribution in [0.2, 0.25) is 5.02 Å². The van der Waals surface area contributed by atoms with Gasteiger partial charge in [-0.2, -0.15) is 5.21 Å². The summed E-state index contributed by atoms with van der Waals surface area (Å²) in [4.78, 5) is 52.3. The van der Waals surface area contributed by atoms with Gasteiger partial charge in [-0.25, -0.2) is 13.6 Å². The van der Waals surface area contributed by atoms with Crippen molar-refractivity contribution in [3.8, 4) is 5.75 Å². The van der Waals surface area contributed by atoms with E-state index in [1.165, 1.54) is 48.0 Å². The van der Waals surface area contributed by atoms with E-state index in [-0.39, 0.29) is 59.6 Å². The first-order valence-corrected chi connectivity index (χ1v) is 13.9. The van der Waals surface area contributed by atoms with E-state index in [0.29, 0.717) is 10.9 Å². The molecule has 2 aromatic carbocycles. The molecule has 3 N–H and O–H groups in total. The summed E-state index contributed by atoms with van der Waals surface area (Å²) in [6, 6.07) is 7.22. The number of hydrogen-bond acceptors (Lipinski definition) is 8. The van der Waals surface area contributed by atoms with Crippen molar-refractivity contribution >= 4 is 46.2 Å². The molecule has 3 heterocycles. The Labute approximate surface area is 253 Å². The molecule has 1 aliphatic rings. The van der Waals surface area contributed by atoms with Crippen molar-refractivity contribution in [3.63, 3.8) is 0 Å². The molecule has 1 saturated heterocycles. The quantitative estimate of drug-likeness (QED) is 0.238. The Bertz CT molecular complexity index is 1730. The van der Waals surface area contributed by atoms with Crippen molar-refractivity contribution in [1.82, 2.24) is 40.7 Å². The fourth-order valence-corrected chi connectivity index (χ4v) is 5.21. The average molecular weight is 629 g/mol. The molecular formula is C28H27ClF2N8O5. The van der Waals surface area contributed by atoms with Crippen LogP contribution < -0.4 is 15.4 Å². The maximum atomic E-state index is 14.5. The number of nitrogens with one attached hydrogen (secondary N) is 3. The lowest BCUT2D eigenvalue weighted by molar-refractivity contribution is -0.139. The van der Waals surface area contributed by atoms with Crippen LogP contribution in [-0.2, 0) is 22.7 Å². The van der Waals surface area contributed by atoms with E-state index in [4.69, 9.17) is 16.3 Å². The summed E-state index contributed by atoms with van der Waals surface area (Å²) in [5, 5.41) is 18.8. The number of aromatic amines is 1. The van der Waals surface area contributed by atoms with Gasteiger partial charge in [0.25, 0.3) is 0 Å². The summed E-state index contributed by atoms with van der Waals surface area (Å²) in [5.74, 6) is -1.77. The van der Waals surface area contributed by atoms with Gasteiger partial charge in [-0.15, -0.1) is 10.2 Å². The van der Waals surface area contributed by atoms with E-state index in [1.807, 2.05) is 0 Å². The molecule has 5 rings (SSSR count). The van der Waals surface area contributed by atoms with Crippen LogP contribution in [0.15, 0.2) is 42.6 Å². The second-order valence-corrected chi connectivity index (χ2v) is 10.7. The fraction of sp³-hybridized carbons (Fsp3) is 0.321. The summed E-state index contributed by atoms with van der Waals surface area (Å²) in [6.45, 7) is 2.20. The highest BCUT2D eigenvalue weighted by molar-refractivity contribution is 6.30. The first-order valence-electron chi connectivity index (χ1n) is 13.5. The molecule has 3 atom stereocenters. The number of carbonyl (C=O) groups is 4. The van der Waals surface area contributed by atoms with Crippen molar-refractivity contribution in [2.45, 2.75) is 51.6 Å². The minimum absolute atomic E-state index is 0.0980. The third-order valence-electron chi connectivity index (χ3n) is 7.19. The summed E-state index contributed by atoms with van der Waals surface area (Å²) >= 11 is 5.80. The molecule has 0 spiro atoms. The minimum Gasteiger partial charge on any atom is -0.410 e. The van der Waals surface area contributed by atoms with Gasteiger partial charge in [0.2, 0.25) is 11.8 Å². The Morgan fingerprint density at radius 3 is 2.75 bits per heavy atom. The summed E-state index contributed by atoms with van der Waals surface area (Å²) < 4.78 is 35.6. The van der Waals surface area contributed by atoms with Gasteiger partial charge in [0.05, 0.1) is 17.6 Å².